The molecule has 20 heavy (non-hydrogen) atoms. The Hall–Kier alpha value is -1.40. The fourth-order valence-electron chi connectivity index (χ4n) is 2.98. The van der Waals surface area contributed by atoms with Crippen LogP contribution in [0.25, 0.3) is 0 Å². The van der Waals surface area contributed by atoms with Crippen molar-refractivity contribution >= 4 is 5.97 Å². The first-order chi connectivity index (χ1) is 9.51. The number of methoxy groups -OCH3 is 1. The van der Waals surface area contributed by atoms with Gasteiger partial charge in [0.25, 0.3) is 0 Å². The quantitative estimate of drug-likeness (QED) is 0.856. The van der Waals surface area contributed by atoms with Crippen molar-refractivity contribution in [2.24, 2.45) is 0 Å². The van der Waals surface area contributed by atoms with Gasteiger partial charge >= 0.3 is 5.97 Å². The van der Waals surface area contributed by atoms with Gasteiger partial charge in [-0.2, -0.15) is 0 Å². The Bertz CT molecular complexity index is 472. The fraction of sp³-hybridized carbons (Fsp3) is 0.714. The van der Waals surface area contributed by atoms with Crippen molar-refractivity contribution in [2.75, 3.05) is 20.3 Å². The zero-order chi connectivity index (χ0) is 14.8. The third kappa shape index (κ3) is 2.58. The number of carboxylic acid groups (broad SMARTS) is 1. The largest absolute Gasteiger partial charge is 0.480 e. The summed E-state index contributed by atoms with van der Waals surface area (Å²) in [6.45, 7) is 5.70. The molecule has 0 saturated carbocycles. The number of hydrogen-bond donors (Lipinski definition) is 1. The van der Waals surface area contributed by atoms with Crippen molar-refractivity contribution in [1.82, 2.24) is 14.5 Å². The summed E-state index contributed by atoms with van der Waals surface area (Å²) in [5, 5.41) is 9.62. The third-order valence-electron chi connectivity index (χ3n) is 4.04. The van der Waals surface area contributed by atoms with Crippen LogP contribution in [0, 0.1) is 0 Å². The van der Waals surface area contributed by atoms with Gasteiger partial charge in [-0.25, -0.2) is 4.98 Å². The second-order valence-electron chi connectivity index (χ2n) is 5.64. The topological polar surface area (TPSA) is 67.6 Å². The van der Waals surface area contributed by atoms with Crippen LogP contribution in [0.15, 0.2) is 12.4 Å². The van der Waals surface area contributed by atoms with E-state index in [4.69, 9.17) is 4.74 Å². The number of carboxylic acids is 1. The number of likely N-dealkylation sites (tertiary alicyclic amines) is 1. The molecule has 1 fully saturated rings. The van der Waals surface area contributed by atoms with E-state index in [9.17, 15) is 9.90 Å². The first kappa shape index (κ1) is 15.0. The second-order valence-corrected chi connectivity index (χ2v) is 5.64. The average molecular weight is 281 g/mol. The molecule has 112 valence electrons. The molecule has 0 spiro atoms. The molecule has 1 saturated heterocycles. The zero-order valence-electron chi connectivity index (χ0n) is 12.4. The number of ether oxygens (including phenoxy) is 1. The van der Waals surface area contributed by atoms with Crippen LogP contribution in [0.4, 0.5) is 0 Å². The Morgan fingerprint density at radius 3 is 2.95 bits per heavy atom. The molecular formula is C14H23N3O3. The monoisotopic (exact) mass is 281 g/mol. The molecule has 1 atom stereocenters. The van der Waals surface area contributed by atoms with E-state index in [2.05, 4.69) is 23.4 Å². The summed E-state index contributed by atoms with van der Waals surface area (Å²) >= 11 is 0. The standard InChI is InChI=1S/C14H23N3O3/c1-11(2)17-8-6-15-12(17)9-16-7-4-5-14(16,10-20-3)13(18)19/h6,8,11H,4-5,7,9-10H2,1-3H3,(H,18,19). The highest BCUT2D eigenvalue weighted by Crippen LogP contribution is 2.31. The highest BCUT2D eigenvalue weighted by molar-refractivity contribution is 5.79. The van der Waals surface area contributed by atoms with E-state index in [1.54, 1.807) is 13.3 Å². The summed E-state index contributed by atoms with van der Waals surface area (Å²) in [6, 6.07) is 0.316. The van der Waals surface area contributed by atoms with Crippen molar-refractivity contribution in [3.63, 3.8) is 0 Å². The number of hydrogen-bond acceptors (Lipinski definition) is 4. The van der Waals surface area contributed by atoms with Gasteiger partial charge < -0.3 is 14.4 Å². The molecule has 6 nitrogen and oxygen atoms in total. The lowest BCUT2D eigenvalue weighted by Gasteiger charge is -2.34. The summed E-state index contributed by atoms with van der Waals surface area (Å²) in [6.07, 6.45) is 5.20. The van der Waals surface area contributed by atoms with Crippen LogP contribution < -0.4 is 0 Å². The molecule has 0 bridgehead atoms. The first-order valence-electron chi connectivity index (χ1n) is 7.00. The van der Waals surface area contributed by atoms with E-state index in [0.29, 0.717) is 19.0 Å². The molecule has 0 aliphatic carbocycles. The van der Waals surface area contributed by atoms with Crippen LogP contribution in [0.3, 0.4) is 0 Å². The van der Waals surface area contributed by atoms with Crippen LogP contribution in [0.5, 0.6) is 0 Å². The number of aliphatic carboxylic acids is 1. The lowest BCUT2D eigenvalue weighted by atomic mass is 9.97. The van der Waals surface area contributed by atoms with Crippen molar-refractivity contribution in [3.8, 4) is 0 Å². The van der Waals surface area contributed by atoms with Crippen LogP contribution in [-0.4, -0.2) is 51.3 Å². The summed E-state index contributed by atoms with van der Waals surface area (Å²) in [4.78, 5) is 18.1. The number of nitrogens with zero attached hydrogens (tertiary/aromatic N) is 3. The Kier molecular flexibility index (Phi) is 4.45. The van der Waals surface area contributed by atoms with E-state index in [0.717, 1.165) is 18.8 Å². The summed E-state index contributed by atoms with van der Waals surface area (Å²) in [5.41, 5.74) is -0.914. The molecule has 1 aromatic heterocycles. The molecule has 1 aliphatic heterocycles. The normalized spacial score (nSPS) is 23.6. The first-order valence-corrected chi connectivity index (χ1v) is 7.00. The van der Waals surface area contributed by atoms with Gasteiger partial charge in [0, 0.05) is 25.5 Å². The Morgan fingerprint density at radius 2 is 2.35 bits per heavy atom. The molecule has 2 heterocycles. The van der Waals surface area contributed by atoms with E-state index < -0.39 is 11.5 Å². The molecule has 0 aromatic carbocycles. The number of aromatic nitrogens is 2. The van der Waals surface area contributed by atoms with E-state index in [1.807, 2.05) is 11.1 Å². The molecule has 1 unspecified atom stereocenters. The van der Waals surface area contributed by atoms with E-state index in [1.165, 1.54) is 0 Å². The fourth-order valence-corrected chi connectivity index (χ4v) is 2.98. The van der Waals surface area contributed by atoms with E-state index in [-0.39, 0.29) is 6.61 Å². The average Bonchev–Trinajstić information content (AvgIpc) is 2.98. The highest BCUT2D eigenvalue weighted by Gasteiger charge is 2.48. The molecule has 6 heteroatoms. The Labute approximate surface area is 119 Å². The van der Waals surface area contributed by atoms with Gasteiger partial charge in [0.2, 0.25) is 0 Å². The van der Waals surface area contributed by atoms with Crippen LogP contribution in [0.2, 0.25) is 0 Å². The minimum Gasteiger partial charge on any atom is -0.480 e. The van der Waals surface area contributed by atoms with Gasteiger partial charge in [-0.05, 0) is 33.2 Å². The molecule has 2 rings (SSSR count). The van der Waals surface area contributed by atoms with Crippen molar-refractivity contribution < 1.29 is 14.6 Å². The summed E-state index contributed by atoms with van der Waals surface area (Å²) in [5.74, 6) is 0.100. The minimum absolute atomic E-state index is 0.213. The maximum absolute atomic E-state index is 11.7. The van der Waals surface area contributed by atoms with Crippen LogP contribution in [0.1, 0.15) is 38.6 Å². The predicted octanol–water partition coefficient (Wildman–Crippen LogP) is 1.53. The molecule has 1 aliphatic rings. The lowest BCUT2D eigenvalue weighted by molar-refractivity contribution is -0.153. The SMILES string of the molecule is COCC1(C(=O)O)CCCN1Cc1nccn1C(C)C. The molecule has 1 aromatic rings. The smallest absolute Gasteiger partial charge is 0.326 e. The summed E-state index contributed by atoms with van der Waals surface area (Å²) < 4.78 is 7.25. The van der Waals surface area contributed by atoms with Gasteiger partial charge in [-0.15, -0.1) is 0 Å². The van der Waals surface area contributed by atoms with Crippen LogP contribution >= 0.6 is 0 Å². The molecule has 0 radical (unpaired) electrons. The maximum atomic E-state index is 11.7. The number of carbonyl (C=O) groups is 1. The number of rotatable bonds is 6. The molecule has 1 N–H and O–H groups in total. The zero-order valence-corrected chi connectivity index (χ0v) is 12.4. The lowest BCUT2D eigenvalue weighted by Crippen LogP contribution is -2.53. The number of imidazole rings is 1. The maximum Gasteiger partial charge on any atom is 0.326 e. The highest BCUT2D eigenvalue weighted by atomic mass is 16.5. The molecular weight excluding hydrogens is 258 g/mol. The summed E-state index contributed by atoms with van der Waals surface area (Å²) in [7, 11) is 1.55. The minimum atomic E-state index is -0.914. The molecule has 0 amide bonds. The Morgan fingerprint density at radius 1 is 1.60 bits per heavy atom. The van der Waals surface area contributed by atoms with Crippen molar-refractivity contribution in [1.29, 1.82) is 0 Å². The van der Waals surface area contributed by atoms with Gasteiger partial charge in [-0.3, -0.25) is 9.69 Å². The van der Waals surface area contributed by atoms with Gasteiger partial charge in [-0.1, -0.05) is 0 Å². The van der Waals surface area contributed by atoms with Crippen LogP contribution in [-0.2, 0) is 16.1 Å². The predicted molar refractivity (Wildman–Crippen MR) is 74.5 cm³/mol. The van der Waals surface area contributed by atoms with E-state index >= 15 is 0 Å². The second kappa shape index (κ2) is 5.93. The van der Waals surface area contributed by atoms with Crippen molar-refractivity contribution in [2.45, 2.75) is 44.8 Å². The van der Waals surface area contributed by atoms with Crippen molar-refractivity contribution in [3.05, 3.63) is 18.2 Å². The van der Waals surface area contributed by atoms with Gasteiger partial charge in [0.05, 0.1) is 13.2 Å². The Balaban J connectivity index is 2.22. The third-order valence-corrected chi connectivity index (χ3v) is 4.04. The van der Waals surface area contributed by atoms with Gasteiger partial charge in [0.15, 0.2) is 0 Å². The van der Waals surface area contributed by atoms with Gasteiger partial charge in [0.1, 0.15) is 11.4 Å².